The van der Waals surface area contributed by atoms with Crippen molar-refractivity contribution >= 4 is 6.16 Å². The normalized spacial score (nSPS) is 14.6. The van der Waals surface area contributed by atoms with E-state index in [1.165, 1.54) is 12.2 Å². The van der Waals surface area contributed by atoms with Crippen molar-refractivity contribution < 1.29 is 33.8 Å². The SMILES string of the molecule is C=CCC(OOC(C)(C)C)OC(=O)OC(CC=C)OOC(C)(C)C. The second-order valence-electron chi connectivity index (χ2n) is 6.98. The molecule has 0 fully saturated rings. The van der Waals surface area contributed by atoms with Gasteiger partial charge in [-0.05, 0) is 41.5 Å². The van der Waals surface area contributed by atoms with E-state index < -0.39 is 29.9 Å². The van der Waals surface area contributed by atoms with Crippen molar-refractivity contribution in [3.63, 3.8) is 0 Å². The third kappa shape index (κ3) is 13.1. The molecule has 0 radical (unpaired) electrons. The second kappa shape index (κ2) is 10.5. The Balaban J connectivity index is 4.53. The lowest BCUT2D eigenvalue weighted by atomic mass is 10.2. The molecule has 0 saturated carbocycles. The predicted octanol–water partition coefficient (Wildman–Crippen LogP) is 4.44. The van der Waals surface area contributed by atoms with Gasteiger partial charge in [0.1, 0.15) is 0 Å². The summed E-state index contributed by atoms with van der Waals surface area (Å²) in [6.45, 7) is 17.9. The highest BCUT2D eigenvalue weighted by molar-refractivity contribution is 5.60. The van der Waals surface area contributed by atoms with E-state index in [1.54, 1.807) is 41.5 Å². The molecule has 2 unspecified atom stereocenters. The van der Waals surface area contributed by atoms with Gasteiger partial charge in [-0.3, -0.25) is 0 Å². The Morgan fingerprint density at radius 1 is 0.833 bits per heavy atom. The Hall–Kier alpha value is -1.41. The zero-order valence-corrected chi connectivity index (χ0v) is 15.5. The molecule has 0 heterocycles. The second-order valence-corrected chi connectivity index (χ2v) is 6.98. The average Bonchev–Trinajstić information content (AvgIpc) is 2.41. The molecule has 0 aliphatic carbocycles. The van der Waals surface area contributed by atoms with Crippen LogP contribution in [0.5, 0.6) is 0 Å². The van der Waals surface area contributed by atoms with Crippen LogP contribution in [0.1, 0.15) is 54.4 Å². The van der Waals surface area contributed by atoms with E-state index >= 15 is 0 Å². The molecule has 7 nitrogen and oxygen atoms in total. The van der Waals surface area contributed by atoms with E-state index in [9.17, 15) is 4.79 Å². The molecule has 7 heteroatoms. The van der Waals surface area contributed by atoms with Crippen molar-refractivity contribution in [1.29, 1.82) is 0 Å². The molecule has 0 N–H and O–H groups in total. The van der Waals surface area contributed by atoms with Crippen molar-refractivity contribution in [3.8, 4) is 0 Å². The molecular formula is C17H30O7. The van der Waals surface area contributed by atoms with Gasteiger partial charge in [-0.25, -0.2) is 14.6 Å². The first-order valence-electron chi connectivity index (χ1n) is 7.75. The number of ether oxygens (including phenoxy) is 2. The van der Waals surface area contributed by atoms with E-state index in [-0.39, 0.29) is 12.8 Å². The molecular weight excluding hydrogens is 316 g/mol. The van der Waals surface area contributed by atoms with Crippen LogP contribution in [0.25, 0.3) is 0 Å². The minimum absolute atomic E-state index is 0.233. The highest BCUT2D eigenvalue weighted by atomic mass is 17.2. The molecule has 0 aromatic rings. The van der Waals surface area contributed by atoms with Crippen LogP contribution in [0.15, 0.2) is 25.3 Å². The molecule has 0 bridgehead atoms. The van der Waals surface area contributed by atoms with Gasteiger partial charge >= 0.3 is 6.16 Å². The number of carbonyl (C=O) groups is 1. The zero-order chi connectivity index (χ0) is 18.8. The third-order valence-electron chi connectivity index (χ3n) is 1.98. The minimum Gasteiger partial charge on any atom is -0.401 e. The van der Waals surface area contributed by atoms with Gasteiger partial charge in [0.15, 0.2) is 0 Å². The van der Waals surface area contributed by atoms with Gasteiger partial charge in [0.2, 0.25) is 12.6 Å². The van der Waals surface area contributed by atoms with Crippen LogP contribution in [0, 0.1) is 0 Å². The Morgan fingerprint density at radius 3 is 1.42 bits per heavy atom. The maximum absolute atomic E-state index is 11.9. The molecule has 0 rings (SSSR count). The fourth-order valence-electron chi connectivity index (χ4n) is 1.12. The largest absolute Gasteiger partial charge is 0.513 e. The number of carbonyl (C=O) groups excluding carboxylic acids is 1. The van der Waals surface area contributed by atoms with Gasteiger partial charge < -0.3 is 9.47 Å². The molecule has 24 heavy (non-hydrogen) atoms. The summed E-state index contributed by atoms with van der Waals surface area (Å²) in [5.41, 5.74) is -1.11. The molecule has 0 spiro atoms. The van der Waals surface area contributed by atoms with E-state index in [1.807, 2.05) is 0 Å². The van der Waals surface area contributed by atoms with Crippen LogP contribution in [0.3, 0.4) is 0 Å². The lowest BCUT2D eigenvalue weighted by molar-refractivity contribution is -0.419. The fraction of sp³-hybridized carbons (Fsp3) is 0.706. The molecule has 2 atom stereocenters. The van der Waals surface area contributed by atoms with Gasteiger partial charge in [0.25, 0.3) is 0 Å². The fourth-order valence-corrected chi connectivity index (χ4v) is 1.12. The standard InChI is InChI=1S/C17H30O7/c1-9-11-13(21-23-16(3,4)5)19-15(18)20-14(12-10-2)22-24-17(6,7)8/h9-10,13-14H,1-2,11-12H2,3-8H3. The molecule has 0 amide bonds. The molecule has 140 valence electrons. The molecule has 0 aliphatic heterocycles. The van der Waals surface area contributed by atoms with Gasteiger partial charge in [-0.15, -0.1) is 13.2 Å². The van der Waals surface area contributed by atoms with Crippen molar-refractivity contribution in [2.75, 3.05) is 0 Å². The van der Waals surface area contributed by atoms with E-state index in [0.717, 1.165) is 0 Å². The summed E-state index contributed by atoms with van der Waals surface area (Å²) < 4.78 is 10.1. The first-order valence-corrected chi connectivity index (χ1v) is 7.75. The summed E-state index contributed by atoms with van der Waals surface area (Å²) in [7, 11) is 0. The Labute approximate surface area is 144 Å². The minimum atomic E-state index is -0.984. The summed E-state index contributed by atoms with van der Waals surface area (Å²) in [5, 5.41) is 0. The van der Waals surface area contributed by atoms with E-state index in [4.69, 9.17) is 29.0 Å². The number of hydrogen-bond donors (Lipinski definition) is 0. The Bertz CT molecular complexity index is 357. The highest BCUT2D eigenvalue weighted by Crippen LogP contribution is 2.15. The lowest BCUT2D eigenvalue weighted by Crippen LogP contribution is -2.31. The number of rotatable bonds is 10. The predicted molar refractivity (Wildman–Crippen MR) is 88.6 cm³/mol. The average molecular weight is 346 g/mol. The first kappa shape index (κ1) is 22.6. The quantitative estimate of drug-likeness (QED) is 0.190. The van der Waals surface area contributed by atoms with Crippen molar-refractivity contribution in [1.82, 2.24) is 0 Å². The molecule has 0 saturated heterocycles. The van der Waals surface area contributed by atoms with Crippen LogP contribution in [-0.2, 0) is 29.0 Å². The highest BCUT2D eigenvalue weighted by Gasteiger charge is 2.24. The summed E-state index contributed by atoms with van der Waals surface area (Å²) in [4.78, 5) is 32.3. The van der Waals surface area contributed by atoms with Gasteiger partial charge in [-0.2, -0.15) is 9.78 Å². The molecule has 0 aliphatic rings. The Kier molecular flexibility index (Phi) is 9.84. The van der Waals surface area contributed by atoms with E-state index in [0.29, 0.717) is 0 Å². The summed E-state index contributed by atoms with van der Waals surface area (Å²) in [6, 6.07) is 0. The smallest absolute Gasteiger partial charge is 0.401 e. The first-order chi connectivity index (χ1) is 11.0. The van der Waals surface area contributed by atoms with Crippen LogP contribution in [-0.4, -0.2) is 29.9 Å². The van der Waals surface area contributed by atoms with Crippen molar-refractivity contribution in [3.05, 3.63) is 25.3 Å². The van der Waals surface area contributed by atoms with Crippen molar-refractivity contribution in [2.24, 2.45) is 0 Å². The topological polar surface area (TPSA) is 72.5 Å². The van der Waals surface area contributed by atoms with Crippen LogP contribution >= 0.6 is 0 Å². The molecule has 0 aromatic heterocycles. The summed E-state index contributed by atoms with van der Waals surface area (Å²) >= 11 is 0. The maximum Gasteiger partial charge on any atom is 0.513 e. The lowest BCUT2D eigenvalue weighted by Gasteiger charge is -2.24. The van der Waals surface area contributed by atoms with Gasteiger partial charge in [-0.1, -0.05) is 12.2 Å². The van der Waals surface area contributed by atoms with Gasteiger partial charge in [0, 0.05) is 12.8 Å². The Morgan fingerprint density at radius 2 is 1.17 bits per heavy atom. The zero-order valence-electron chi connectivity index (χ0n) is 15.5. The summed E-state index contributed by atoms with van der Waals surface area (Å²) in [5.74, 6) is 0. The van der Waals surface area contributed by atoms with E-state index in [2.05, 4.69) is 13.2 Å². The monoisotopic (exact) mass is 346 g/mol. The molecule has 0 aromatic carbocycles. The maximum atomic E-state index is 11.9. The van der Waals surface area contributed by atoms with Crippen LogP contribution in [0.4, 0.5) is 4.79 Å². The number of hydrogen-bond acceptors (Lipinski definition) is 7. The third-order valence-corrected chi connectivity index (χ3v) is 1.98. The van der Waals surface area contributed by atoms with Crippen LogP contribution in [0.2, 0.25) is 0 Å². The van der Waals surface area contributed by atoms with Crippen molar-refractivity contribution in [2.45, 2.75) is 78.2 Å². The van der Waals surface area contributed by atoms with Crippen LogP contribution < -0.4 is 0 Å². The summed E-state index contributed by atoms with van der Waals surface area (Å²) in [6.07, 6.45) is 0.579. The van der Waals surface area contributed by atoms with Gasteiger partial charge in [0.05, 0.1) is 11.2 Å².